The zero-order valence-electron chi connectivity index (χ0n) is 19.8. The van der Waals surface area contributed by atoms with E-state index in [1.807, 2.05) is 0 Å². The van der Waals surface area contributed by atoms with Gasteiger partial charge in [-0.25, -0.2) is 9.29 Å². The molecule has 0 fully saturated rings. The number of hydrogen-bond donors (Lipinski definition) is 1. The summed E-state index contributed by atoms with van der Waals surface area (Å²) in [4.78, 5) is 17.5. The Hall–Kier alpha value is -3.85. The molecular formula is C22H23F3N6O5S. The van der Waals surface area contributed by atoms with Gasteiger partial charge in [0.2, 0.25) is 0 Å². The third kappa shape index (κ3) is 5.32. The fourth-order valence-corrected chi connectivity index (χ4v) is 4.42. The molecule has 0 spiro atoms. The van der Waals surface area contributed by atoms with Gasteiger partial charge in [-0.05, 0) is 29.8 Å². The van der Waals surface area contributed by atoms with Gasteiger partial charge in [-0.2, -0.15) is 26.7 Å². The first-order valence-corrected chi connectivity index (χ1v) is 12.3. The zero-order chi connectivity index (χ0) is 26.8. The Labute approximate surface area is 210 Å². The molecule has 1 aliphatic rings. The number of nitrogens with one attached hydrogen (secondary N) is 1. The number of rotatable bonds is 8. The molecule has 3 aromatic rings. The number of anilines is 1. The standard InChI is InChI=1S/C22H23F3N6O5S/c1-35-13-18-20(30-12-17(36-2)7-8-19(30)28-18)21(32)26-11-15-3-5-16(6-4-15)31-10-9-29(14-27-31)37(33,34)22(23,24)25/h3-8,12,14H,9-11,13H2,1-2H3,(H,26,32). The van der Waals surface area contributed by atoms with Crippen molar-refractivity contribution in [3.8, 4) is 5.75 Å². The fraction of sp³-hybridized carbons (Fsp3) is 0.318. The third-order valence-electron chi connectivity index (χ3n) is 5.54. The third-order valence-corrected chi connectivity index (χ3v) is 7.02. The van der Waals surface area contributed by atoms with Gasteiger partial charge < -0.3 is 14.8 Å². The molecule has 1 N–H and O–H groups in total. The lowest BCUT2D eigenvalue weighted by atomic mass is 10.2. The number of carbonyl (C=O) groups is 1. The number of fused-ring (bicyclic) bond motifs is 1. The van der Waals surface area contributed by atoms with E-state index in [0.29, 0.717) is 34.8 Å². The van der Waals surface area contributed by atoms with Crippen molar-refractivity contribution in [3.05, 3.63) is 59.5 Å². The van der Waals surface area contributed by atoms with E-state index >= 15 is 0 Å². The molecule has 0 aliphatic carbocycles. The number of hydrogen-bond acceptors (Lipinski definition) is 8. The number of carbonyl (C=O) groups excluding carboxylic acids is 1. The number of methoxy groups -OCH3 is 2. The molecule has 0 saturated heterocycles. The molecule has 0 saturated carbocycles. The fourth-order valence-electron chi connectivity index (χ4n) is 3.66. The van der Waals surface area contributed by atoms with Crippen LogP contribution in [0.1, 0.15) is 21.7 Å². The molecule has 4 rings (SSSR count). The molecule has 0 unspecified atom stereocenters. The Morgan fingerprint density at radius 1 is 1.11 bits per heavy atom. The van der Waals surface area contributed by atoms with E-state index in [0.717, 1.165) is 5.56 Å². The predicted octanol–water partition coefficient (Wildman–Crippen LogP) is 2.33. The highest BCUT2D eigenvalue weighted by molar-refractivity contribution is 7.90. The Balaban J connectivity index is 1.44. The summed E-state index contributed by atoms with van der Waals surface area (Å²) in [7, 11) is -2.45. The van der Waals surface area contributed by atoms with Crippen LogP contribution in [-0.2, 0) is 27.9 Å². The van der Waals surface area contributed by atoms with Gasteiger partial charge in [0.1, 0.15) is 23.4 Å². The van der Waals surface area contributed by atoms with Gasteiger partial charge in [0.15, 0.2) is 0 Å². The lowest BCUT2D eigenvalue weighted by molar-refractivity contribution is -0.0471. The van der Waals surface area contributed by atoms with Gasteiger partial charge in [-0.3, -0.25) is 14.2 Å². The van der Waals surface area contributed by atoms with Crippen molar-refractivity contribution in [3.63, 3.8) is 0 Å². The molecule has 37 heavy (non-hydrogen) atoms. The lowest BCUT2D eigenvalue weighted by Crippen LogP contribution is -2.46. The minimum Gasteiger partial charge on any atom is -0.495 e. The molecule has 0 radical (unpaired) electrons. The number of amides is 1. The molecule has 1 amide bonds. The number of pyridine rings is 1. The van der Waals surface area contributed by atoms with Crippen LogP contribution in [0, 0.1) is 0 Å². The molecule has 0 atom stereocenters. The molecule has 198 valence electrons. The van der Waals surface area contributed by atoms with Gasteiger partial charge in [0.05, 0.1) is 44.4 Å². The second-order valence-electron chi connectivity index (χ2n) is 7.90. The van der Waals surface area contributed by atoms with E-state index in [2.05, 4.69) is 15.4 Å². The van der Waals surface area contributed by atoms with Crippen molar-refractivity contribution in [2.75, 3.05) is 32.3 Å². The van der Waals surface area contributed by atoms with Crippen LogP contribution in [-0.4, -0.2) is 67.2 Å². The molecular weight excluding hydrogens is 517 g/mol. The number of hydrazone groups is 1. The Kier molecular flexibility index (Phi) is 7.27. The second-order valence-corrected chi connectivity index (χ2v) is 9.78. The maximum absolute atomic E-state index is 13.1. The minimum atomic E-state index is -5.47. The van der Waals surface area contributed by atoms with Crippen molar-refractivity contribution in [1.29, 1.82) is 0 Å². The van der Waals surface area contributed by atoms with Crippen LogP contribution in [0.25, 0.3) is 5.65 Å². The van der Waals surface area contributed by atoms with Gasteiger partial charge >= 0.3 is 15.5 Å². The van der Waals surface area contributed by atoms with Crippen LogP contribution in [0.15, 0.2) is 47.7 Å². The van der Waals surface area contributed by atoms with E-state index in [4.69, 9.17) is 9.47 Å². The molecule has 0 bridgehead atoms. The summed E-state index contributed by atoms with van der Waals surface area (Å²) in [6.45, 7) is -0.151. The molecule has 11 nitrogen and oxygen atoms in total. The van der Waals surface area contributed by atoms with Crippen molar-refractivity contribution < 1.29 is 35.9 Å². The van der Waals surface area contributed by atoms with Gasteiger partial charge in [-0.1, -0.05) is 12.1 Å². The van der Waals surface area contributed by atoms with Crippen LogP contribution in [0.3, 0.4) is 0 Å². The van der Waals surface area contributed by atoms with Gasteiger partial charge in [-0.15, -0.1) is 0 Å². The first-order chi connectivity index (χ1) is 17.5. The molecule has 1 aliphatic heterocycles. The van der Waals surface area contributed by atoms with Crippen LogP contribution < -0.4 is 15.1 Å². The maximum atomic E-state index is 13.1. The van der Waals surface area contributed by atoms with Gasteiger partial charge in [0.25, 0.3) is 5.91 Å². The number of nitrogens with zero attached hydrogens (tertiary/aromatic N) is 5. The average Bonchev–Trinajstić information content (AvgIpc) is 3.24. The minimum absolute atomic E-state index is 0.0675. The average molecular weight is 541 g/mol. The van der Waals surface area contributed by atoms with E-state index in [1.165, 1.54) is 19.2 Å². The van der Waals surface area contributed by atoms with Crippen LogP contribution in [0.4, 0.5) is 18.9 Å². The number of benzene rings is 1. The summed E-state index contributed by atoms with van der Waals surface area (Å²) in [5.41, 5.74) is -2.76. The summed E-state index contributed by atoms with van der Waals surface area (Å²) < 4.78 is 73.4. The number of sulfonamides is 1. The summed E-state index contributed by atoms with van der Waals surface area (Å²) in [6.07, 6.45) is 2.30. The van der Waals surface area contributed by atoms with E-state index in [9.17, 15) is 26.4 Å². The van der Waals surface area contributed by atoms with Crippen LogP contribution in [0.2, 0.25) is 0 Å². The van der Waals surface area contributed by atoms with Gasteiger partial charge in [0, 0.05) is 13.7 Å². The maximum Gasteiger partial charge on any atom is 0.516 e. The topological polar surface area (TPSA) is 118 Å². The summed E-state index contributed by atoms with van der Waals surface area (Å²) in [6, 6.07) is 10.2. The highest BCUT2D eigenvalue weighted by Gasteiger charge is 2.50. The van der Waals surface area contributed by atoms with Crippen molar-refractivity contribution in [2.45, 2.75) is 18.7 Å². The SMILES string of the molecule is COCc1nc2ccc(OC)cn2c1C(=O)NCc1ccc(N2CCN(S(=O)(=O)C(F)(F)F)C=N2)cc1. The zero-order valence-corrected chi connectivity index (χ0v) is 20.6. The van der Waals surface area contributed by atoms with E-state index in [1.54, 1.807) is 47.0 Å². The lowest BCUT2D eigenvalue weighted by Gasteiger charge is -2.29. The molecule has 3 heterocycles. The second kappa shape index (κ2) is 10.3. The first kappa shape index (κ1) is 26.2. The van der Waals surface area contributed by atoms with Crippen LogP contribution in [0.5, 0.6) is 5.75 Å². The molecule has 15 heteroatoms. The van der Waals surface area contributed by atoms with Crippen molar-refractivity contribution >= 4 is 33.6 Å². The van der Waals surface area contributed by atoms with E-state index < -0.39 is 22.1 Å². The number of imidazole rings is 1. The first-order valence-electron chi connectivity index (χ1n) is 10.9. The summed E-state index contributed by atoms with van der Waals surface area (Å²) >= 11 is 0. The molecule has 2 aromatic heterocycles. The number of halogens is 3. The van der Waals surface area contributed by atoms with Crippen molar-refractivity contribution in [1.82, 2.24) is 19.0 Å². The Morgan fingerprint density at radius 2 is 1.84 bits per heavy atom. The highest BCUT2D eigenvalue weighted by atomic mass is 32.2. The number of ether oxygens (including phenoxy) is 2. The van der Waals surface area contributed by atoms with E-state index in [-0.39, 0.29) is 29.9 Å². The van der Waals surface area contributed by atoms with Crippen molar-refractivity contribution in [2.24, 2.45) is 5.10 Å². The quantitative estimate of drug-likeness (QED) is 0.466. The normalized spacial score (nSPS) is 14.3. The molecule has 1 aromatic carbocycles. The summed E-state index contributed by atoms with van der Waals surface area (Å²) in [5.74, 6) is 0.182. The highest BCUT2D eigenvalue weighted by Crippen LogP contribution is 2.27. The summed E-state index contributed by atoms with van der Waals surface area (Å²) in [5, 5.41) is 8.05. The number of aromatic nitrogens is 2. The Morgan fingerprint density at radius 3 is 2.43 bits per heavy atom. The smallest absolute Gasteiger partial charge is 0.495 e. The Bertz CT molecular complexity index is 1420. The number of alkyl halides is 3. The largest absolute Gasteiger partial charge is 0.516 e. The van der Waals surface area contributed by atoms with Crippen LogP contribution >= 0.6 is 0 Å². The monoisotopic (exact) mass is 540 g/mol. The predicted molar refractivity (Wildman–Crippen MR) is 128 cm³/mol.